The van der Waals surface area contributed by atoms with Crippen LogP contribution in [-0.4, -0.2) is 23.4 Å². The van der Waals surface area contributed by atoms with Gasteiger partial charge in [0.05, 0.1) is 6.10 Å². The van der Waals surface area contributed by atoms with E-state index in [2.05, 4.69) is 37.8 Å². The predicted octanol–water partition coefficient (Wildman–Crippen LogP) is 5.48. The van der Waals surface area contributed by atoms with Gasteiger partial charge in [-0.05, 0) is 53.7 Å². The highest BCUT2D eigenvalue weighted by molar-refractivity contribution is 6.43. The molecule has 0 aliphatic carbocycles. The molecule has 0 saturated heterocycles. The van der Waals surface area contributed by atoms with Crippen molar-refractivity contribution in [3.05, 3.63) is 89.5 Å². The van der Waals surface area contributed by atoms with Crippen LogP contribution in [0.15, 0.2) is 78.4 Å². The first-order valence-electron chi connectivity index (χ1n) is 9.83. The van der Waals surface area contributed by atoms with Crippen molar-refractivity contribution in [1.82, 2.24) is 0 Å². The van der Waals surface area contributed by atoms with Gasteiger partial charge in [-0.3, -0.25) is 0 Å². The minimum absolute atomic E-state index is 0.160. The summed E-state index contributed by atoms with van der Waals surface area (Å²) in [7, 11) is -0.756. The van der Waals surface area contributed by atoms with Gasteiger partial charge in [-0.2, -0.15) is 0 Å². The molecule has 1 atom stereocenters. The van der Waals surface area contributed by atoms with Gasteiger partial charge in [0.15, 0.2) is 0 Å². The molecule has 0 spiro atoms. The number of phenolic OH excluding ortho intramolecular Hbond substituents is 1. The van der Waals surface area contributed by atoms with Crippen molar-refractivity contribution in [2.45, 2.75) is 38.6 Å². The molecule has 28 heavy (non-hydrogen) atoms. The summed E-state index contributed by atoms with van der Waals surface area (Å²) in [6, 6.07) is 17.5. The molecular weight excluding hydrogens is 347 g/mol. The van der Waals surface area contributed by atoms with Gasteiger partial charge >= 0.3 is 7.12 Å². The molecule has 2 aromatic carbocycles. The highest BCUT2D eigenvalue weighted by Crippen LogP contribution is 2.31. The molecule has 1 heterocycles. The van der Waals surface area contributed by atoms with Gasteiger partial charge in [-0.15, -0.1) is 0 Å². The monoisotopic (exact) mass is 374 g/mol. The average Bonchev–Trinajstić information content (AvgIpc) is 2.71. The van der Waals surface area contributed by atoms with Crippen LogP contribution in [0.1, 0.15) is 37.3 Å². The number of hydrogen-bond donors (Lipinski definition) is 2. The first-order chi connectivity index (χ1) is 13.6. The minimum atomic E-state index is -0.756. The van der Waals surface area contributed by atoms with Crippen LogP contribution in [0.5, 0.6) is 5.75 Å². The largest absolute Gasteiger partial charge is 0.508 e. The summed E-state index contributed by atoms with van der Waals surface area (Å²) in [5.41, 5.74) is 5.43. The molecule has 2 N–H and O–H groups in total. The van der Waals surface area contributed by atoms with E-state index in [-0.39, 0.29) is 11.9 Å². The molecule has 0 fully saturated rings. The summed E-state index contributed by atoms with van der Waals surface area (Å²) >= 11 is 0. The van der Waals surface area contributed by atoms with Crippen molar-refractivity contribution in [3.63, 3.8) is 0 Å². The summed E-state index contributed by atoms with van der Waals surface area (Å²) in [6.45, 7) is 6.25. The van der Waals surface area contributed by atoms with Gasteiger partial charge in [0.2, 0.25) is 0 Å². The van der Waals surface area contributed by atoms with E-state index in [1.165, 1.54) is 0 Å². The summed E-state index contributed by atoms with van der Waals surface area (Å²) < 4.78 is 5.84. The molecule has 2 aromatic rings. The summed E-state index contributed by atoms with van der Waals surface area (Å²) in [5, 5.41) is 19.7. The molecule has 1 aliphatic rings. The fourth-order valence-electron chi connectivity index (χ4n) is 3.53. The highest BCUT2D eigenvalue weighted by Gasteiger charge is 2.27. The van der Waals surface area contributed by atoms with E-state index in [0.717, 1.165) is 47.1 Å². The third-order valence-corrected chi connectivity index (χ3v) is 5.07. The van der Waals surface area contributed by atoms with Gasteiger partial charge < -0.3 is 14.8 Å². The predicted molar refractivity (Wildman–Crippen MR) is 117 cm³/mol. The van der Waals surface area contributed by atoms with Gasteiger partial charge in [-0.25, -0.2) is 0 Å². The van der Waals surface area contributed by atoms with Crippen LogP contribution in [0.3, 0.4) is 0 Å². The van der Waals surface area contributed by atoms with Crippen LogP contribution in [-0.2, 0) is 4.65 Å². The van der Waals surface area contributed by atoms with Gasteiger partial charge in [0.1, 0.15) is 5.75 Å². The molecule has 0 radical (unpaired) electrons. The van der Waals surface area contributed by atoms with E-state index >= 15 is 0 Å². The van der Waals surface area contributed by atoms with Crippen molar-refractivity contribution in [1.29, 1.82) is 0 Å². The Morgan fingerprint density at radius 2 is 2.00 bits per heavy atom. The molecule has 3 nitrogen and oxygen atoms in total. The van der Waals surface area contributed by atoms with Crippen molar-refractivity contribution in [2.75, 3.05) is 0 Å². The maximum absolute atomic E-state index is 9.96. The Bertz CT molecular complexity index is 870. The lowest BCUT2D eigenvalue weighted by atomic mass is 9.77. The fraction of sp³-hybridized carbons (Fsp3) is 0.250. The van der Waals surface area contributed by atoms with Crippen LogP contribution in [0, 0.1) is 0 Å². The minimum Gasteiger partial charge on any atom is -0.508 e. The van der Waals surface area contributed by atoms with Gasteiger partial charge in [0, 0.05) is 6.32 Å². The number of aromatic hydroxyl groups is 1. The Morgan fingerprint density at radius 1 is 1.21 bits per heavy atom. The average molecular weight is 374 g/mol. The maximum Gasteiger partial charge on any atom is 0.458 e. The number of allylic oxidation sites excluding steroid dienone is 2. The molecule has 1 unspecified atom stereocenters. The zero-order valence-electron chi connectivity index (χ0n) is 16.3. The topological polar surface area (TPSA) is 49.7 Å². The lowest BCUT2D eigenvalue weighted by Gasteiger charge is -2.28. The van der Waals surface area contributed by atoms with E-state index in [4.69, 9.17) is 4.65 Å². The molecule has 4 heteroatoms. The quantitative estimate of drug-likeness (QED) is 0.498. The fourth-order valence-corrected chi connectivity index (χ4v) is 3.53. The van der Waals surface area contributed by atoms with E-state index in [1.54, 1.807) is 12.1 Å². The molecule has 3 rings (SSSR count). The zero-order valence-corrected chi connectivity index (χ0v) is 16.3. The van der Waals surface area contributed by atoms with Crippen LogP contribution in [0.25, 0.3) is 11.6 Å². The van der Waals surface area contributed by atoms with E-state index in [1.807, 2.05) is 30.3 Å². The third kappa shape index (κ3) is 5.25. The van der Waals surface area contributed by atoms with Crippen LogP contribution >= 0.6 is 0 Å². The summed E-state index contributed by atoms with van der Waals surface area (Å²) in [5.74, 6) is 0.254. The summed E-state index contributed by atoms with van der Waals surface area (Å²) in [4.78, 5) is 0. The van der Waals surface area contributed by atoms with E-state index < -0.39 is 7.12 Å². The Kier molecular flexibility index (Phi) is 6.91. The van der Waals surface area contributed by atoms with Crippen LogP contribution in [0.4, 0.5) is 0 Å². The SMILES string of the molecule is C=C(CC)C1=CCB(O)OC1CC/C(=C/c1cccc(O)c1)c1ccccc1. The van der Waals surface area contributed by atoms with E-state index in [9.17, 15) is 10.1 Å². The van der Waals surface area contributed by atoms with Crippen LogP contribution < -0.4 is 0 Å². The van der Waals surface area contributed by atoms with Crippen molar-refractivity contribution >= 4 is 18.8 Å². The first-order valence-corrected chi connectivity index (χ1v) is 9.83. The number of phenols is 1. The van der Waals surface area contributed by atoms with Crippen molar-refractivity contribution < 1.29 is 14.8 Å². The third-order valence-electron chi connectivity index (χ3n) is 5.07. The first kappa shape index (κ1) is 20.2. The second-order valence-corrected chi connectivity index (χ2v) is 7.10. The lowest BCUT2D eigenvalue weighted by molar-refractivity contribution is 0.184. The molecule has 0 aromatic heterocycles. The Balaban J connectivity index is 1.85. The molecule has 0 bridgehead atoms. The van der Waals surface area contributed by atoms with Crippen molar-refractivity contribution in [3.8, 4) is 5.75 Å². The van der Waals surface area contributed by atoms with Crippen molar-refractivity contribution in [2.24, 2.45) is 0 Å². The summed E-state index contributed by atoms with van der Waals surface area (Å²) in [6.07, 6.45) is 6.92. The number of hydrogen-bond acceptors (Lipinski definition) is 3. The maximum atomic E-state index is 9.96. The normalized spacial score (nSPS) is 17.4. The van der Waals surface area contributed by atoms with E-state index in [0.29, 0.717) is 6.32 Å². The second-order valence-electron chi connectivity index (χ2n) is 7.10. The molecule has 0 saturated carbocycles. The zero-order chi connectivity index (χ0) is 19.9. The Morgan fingerprint density at radius 3 is 2.71 bits per heavy atom. The van der Waals surface area contributed by atoms with Crippen LogP contribution in [0.2, 0.25) is 6.32 Å². The smallest absolute Gasteiger partial charge is 0.458 e. The second kappa shape index (κ2) is 9.58. The molecule has 1 aliphatic heterocycles. The van der Waals surface area contributed by atoms with Gasteiger partial charge in [-0.1, -0.05) is 73.7 Å². The molecule has 144 valence electrons. The Hall–Kier alpha value is -2.56. The van der Waals surface area contributed by atoms with Gasteiger partial charge in [0.25, 0.3) is 0 Å². The highest BCUT2D eigenvalue weighted by atomic mass is 16.5. The molecule has 0 amide bonds. The lowest BCUT2D eigenvalue weighted by Crippen LogP contribution is -2.31. The molecular formula is C24H27BO3. The standard InChI is InChI=1S/C24H27BO3/c1-3-18(2)23-14-15-25(27)28-24(23)13-12-21(20-9-5-4-6-10-20)16-19-8-7-11-22(26)17-19/h4-11,14,16-17,24,26-27H,2-3,12-13,15H2,1H3/b21-16-. The number of rotatable bonds is 7. The Labute approximate surface area is 167 Å². The number of benzene rings is 2.